The summed E-state index contributed by atoms with van der Waals surface area (Å²) in [5, 5.41) is 3.95. The van der Waals surface area contributed by atoms with Gasteiger partial charge in [0.15, 0.2) is 5.69 Å². The lowest BCUT2D eigenvalue weighted by atomic mass is 9.96. The summed E-state index contributed by atoms with van der Waals surface area (Å²) < 4.78 is 5.30. The van der Waals surface area contributed by atoms with E-state index in [0.717, 1.165) is 57.6 Å². The van der Waals surface area contributed by atoms with Crippen LogP contribution in [0.1, 0.15) is 47.8 Å². The molecular weight excluding hydrogens is 320 g/mol. The van der Waals surface area contributed by atoms with Gasteiger partial charge in [-0.1, -0.05) is 5.16 Å². The van der Waals surface area contributed by atoms with Crippen molar-refractivity contribution < 1.29 is 14.1 Å². The van der Waals surface area contributed by atoms with E-state index in [1.165, 1.54) is 0 Å². The predicted octanol–water partition coefficient (Wildman–Crippen LogP) is 1.18. The first-order chi connectivity index (χ1) is 12.1. The molecule has 0 N–H and O–H groups in total. The minimum absolute atomic E-state index is 0.0871. The Kier molecular flexibility index (Phi) is 4.50. The smallest absolute Gasteiger partial charge is 0.276 e. The number of nitrogens with zero attached hydrogens (tertiary/aromatic N) is 4. The van der Waals surface area contributed by atoms with Crippen LogP contribution < -0.4 is 0 Å². The molecule has 0 radical (unpaired) electrons. The molecule has 7 heteroatoms. The van der Waals surface area contributed by atoms with Gasteiger partial charge in [0, 0.05) is 51.3 Å². The van der Waals surface area contributed by atoms with E-state index >= 15 is 0 Å². The fourth-order valence-electron chi connectivity index (χ4n) is 3.76. The molecule has 2 aliphatic heterocycles. The van der Waals surface area contributed by atoms with Crippen LogP contribution in [0, 0.1) is 5.92 Å². The number of piperazine rings is 1. The van der Waals surface area contributed by atoms with Crippen molar-refractivity contribution in [3.05, 3.63) is 17.5 Å². The van der Waals surface area contributed by atoms with Crippen molar-refractivity contribution in [3.63, 3.8) is 0 Å². The number of carbonyl (C=O) groups excluding carboxylic acids is 2. The normalized spacial score (nSPS) is 25.2. The molecule has 4 rings (SSSR count). The molecule has 2 amide bonds. The molecule has 3 heterocycles. The van der Waals surface area contributed by atoms with E-state index in [0.29, 0.717) is 24.7 Å². The molecule has 0 bridgehead atoms. The molecule has 1 atom stereocenters. The van der Waals surface area contributed by atoms with Crippen molar-refractivity contribution in [2.24, 2.45) is 5.92 Å². The maximum Gasteiger partial charge on any atom is 0.276 e. The first-order valence-corrected chi connectivity index (χ1v) is 9.35. The lowest BCUT2D eigenvalue weighted by Gasteiger charge is -2.37. The number of likely N-dealkylation sites (N-methyl/N-ethyl adjacent to an activating group) is 1. The summed E-state index contributed by atoms with van der Waals surface area (Å²) in [5.41, 5.74) is 0.384. The maximum atomic E-state index is 12.8. The Hall–Kier alpha value is -1.89. The van der Waals surface area contributed by atoms with Crippen LogP contribution in [0.2, 0.25) is 0 Å². The van der Waals surface area contributed by atoms with E-state index in [-0.39, 0.29) is 17.7 Å². The van der Waals surface area contributed by atoms with Crippen LogP contribution >= 0.6 is 0 Å². The quantitative estimate of drug-likeness (QED) is 0.822. The number of carbonyl (C=O) groups is 2. The largest absolute Gasteiger partial charge is 0.360 e. The van der Waals surface area contributed by atoms with Crippen LogP contribution in [-0.4, -0.2) is 78.0 Å². The highest BCUT2D eigenvalue weighted by molar-refractivity contribution is 5.93. The van der Waals surface area contributed by atoms with E-state index in [2.05, 4.69) is 17.1 Å². The zero-order chi connectivity index (χ0) is 17.4. The molecule has 1 unspecified atom stereocenters. The Morgan fingerprint density at radius 3 is 2.56 bits per heavy atom. The zero-order valence-electron chi connectivity index (χ0n) is 14.8. The summed E-state index contributed by atoms with van der Waals surface area (Å²) in [5.74, 6) is 1.28. The second-order valence-corrected chi connectivity index (χ2v) is 7.61. The second-order valence-electron chi connectivity index (χ2n) is 7.61. The molecule has 3 aliphatic rings. The molecule has 1 saturated carbocycles. The second kappa shape index (κ2) is 6.78. The average molecular weight is 346 g/mol. The van der Waals surface area contributed by atoms with Gasteiger partial charge < -0.3 is 19.2 Å². The Bertz CT molecular complexity index is 647. The Morgan fingerprint density at radius 1 is 1.08 bits per heavy atom. The first-order valence-electron chi connectivity index (χ1n) is 9.35. The van der Waals surface area contributed by atoms with E-state index in [1.807, 2.05) is 4.90 Å². The number of hydrogen-bond acceptors (Lipinski definition) is 5. The van der Waals surface area contributed by atoms with E-state index in [9.17, 15) is 9.59 Å². The number of piperidine rings is 1. The minimum atomic E-state index is -0.105. The zero-order valence-corrected chi connectivity index (χ0v) is 14.8. The van der Waals surface area contributed by atoms with Crippen molar-refractivity contribution in [2.75, 3.05) is 46.3 Å². The highest BCUT2D eigenvalue weighted by Crippen LogP contribution is 2.40. The van der Waals surface area contributed by atoms with E-state index < -0.39 is 0 Å². The third-order valence-electron chi connectivity index (χ3n) is 5.60. The average Bonchev–Trinajstić information content (AvgIpc) is 3.38. The Balaban J connectivity index is 1.38. The SMILES string of the molecule is CN1CCN(C(=O)C2CCCN(C(=O)c3cc(C4CC4)on3)C2)CC1. The van der Waals surface area contributed by atoms with E-state index in [1.54, 1.807) is 11.0 Å². The third-order valence-corrected chi connectivity index (χ3v) is 5.60. The highest BCUT2D eigenvalue weighted by atomic mass is 16.5. The van der Waals surface area contributed by atoms with Crippen LogP contribution in [0.25, 0.3) is 0 Å². The number of amides is 2. The van der Waals surface area contributed by atoms with Crippen molar-refractivity contribution in [3.8, 4) is 0 Å². The van der Waals surface area contributed by atoms with Gasteiger partial charge in [0.05, 0.1) is 5.92 Å². The lowest BCUT2D eigenvalue weighted by Crippen LogP contribution is -2.52. The molecule has 1 aliphatic carbocycles. The fraction of sp³-hybridized carbons (Fsp3) is 0.722. The molecule has 1 aromatic rings. The standard InChI is InChI=1S/C18H26N4O3/c1-20-7-9-21(10-8-20)17(23)14-3-2-6-22(12-14)18(24)15-11-16(25-19-15)13-4-5-13/h11,13-14H,2-10,12H2,1H3. The van der Waals surface area contributed by atoms with Crippen LogP contribution in [0.5, 0.6) is 0 Å². The van der Waals surface area contributed by atoms with Crippen LogP contribution in [0.4, 0.5) is 0 Å². The number of rotatable bonds is 3. The number of aromatic nitrogens is 1. The van der Waals surface area contributed by atoms with Crippen molar-refractivity contribution in [1.82, 2.24) is 19.9 Å². The topological polar surface area (TPSA) is 69.9 Å². The lowest BCUT2D eigenvalue weighted by molar-refractivity contribution is -0.138. The molecule has 25 heavy (non-hydrogen) atoms. The summed E-state index contributed by atoms with van der Waals surface area (Å²) in [6.07, 6.45) is 3.96. The highest BCUT2D eigenvalue weighted by Gasteiger charge is 2.34. The molecule has 1 aromatic heterocycles. The minimum Gasteiger partial charge on any atom is -0.360 e. The number of likely N-dealkylation sites (tertiary alicyclic amines) is 1. The summed E-state index contributed by atoms with van der Waals surface area (Å²) in [6, 6.07) is 1.78. The Morgan fingerprint density at radius 2 is 1.84 bits per heavy atom. The van der Waals surface area contributed by atoms with Gasteiger partial charge in [-0.3, -0.25) is 9.59 Å². The number of hydrogen-bond donors (Lipinski definition) is 0. The molecule has 7 nitrogen and oxygen atoms in total. The van der Waals surface area contributed by atoms with Gasteiger partial charge in [-0.15, -0.1) is 0 Å². The van der Waals surface area contributed by atoms with Crippen molar-refractivity contribution in [1.29, 1.82) is 0 Å². The van der Waals surface area contributed by atoms with Gasteiger partial charge in [0.2, 0.25) is 5.91 Å². The first kappa shape index (κ1) is 16.6. The third kappa shape index (κ3) is 3.56. The maximum absolute atomic E-state index is 12.8. The van der Waals surface area contributed by atoms with Gasteiger partial charge in [-0.05, 0) is 32.7 Å². The molecule has 136 valence electrons. The monoisotopic (exact) mass is 346 g/mol. The predicted molar refractivity (Wildman–Crippen MR) is 91.2 cm³/mol. The summed E-state index contributed by atoms with van der Waals surface area (Å²) >= 11 is 0. The van der Waals surface area contributed by atoms with Crippen LogP contribution in [-0.2, 0) is 4.79 Å². The van der Waals surface area contributed by atoms with Crippen LogP contribution in [0.3, 0.4) is 0 Å². The van der Waals surface area contributed by atoms with Gasteiger partial charge >= 0.3 is 0 Å². The Labute approximate surface area is 147 Å². The van der Waals surface area contributed by atoms with Gasteiger partial charge in [0.1, 0.15) is 5.76 Å². The molecule has 0 aromatic carbocycles. The molecular formula is C18H26N4O3. The van der Waals surface area contributed by atoms with Crippen molar-refractivity contribution in [2.45, 2.75) is 31.6 Å². The fourth-order valence-corrected chi connectivity index (χ4v) is 3.76. The van der Waals surface area contributed by atoms with E-state index in [4.69, 9.17) is 4.52 Å². The molecule has 2 saturated heterocycles. The van der Waals surface area contributed by atoms with Gasteiger partial charge in [0.25, 0.3) is 5.91 Å². The molecule has 0 spiro atoms. The summed E-state index contributed by atoms with van der Waals surface area (Å²) in [6.45, 7) is 4.60. The van der Waals surface area contributed by atoms with Crippen LogP contribution in [0.15, 0.2) is 10.6 Å². The summed E-state index contributed by atoms with van der Waals surface area (Å²) in [4.78, 5) is 31.5. The van der Waals surface area contributed by atoms with Gasteiger partial charge in [-0.25, -0.2) is 0 Å². The summed E-state index contributed by atoms with van der Waals surface area (Å²) in [7, 11) is 2.08. The van der Waals surface area contributed by atoms with Gasteiger partial charge in [-0.2, -0.15) is 0 Å². The molecule has 3 fully saturated rings. The van der Waals surface area contributed by atoms with Crippen molar-refractivity contribution >= 4 is 11.8 Å².